The third-order valence-corrected chi connectivity index (χ3v) is 2.79. The van der Waals surface area contributed by atoms with Gasteiger partial charge in [0.1, 0.15) is 5.82 Å². The van der Waals surface area contributed by atoms with Crippen molar-refractivity contribution in [2.45, 2.75) is 13.1 Å². The Hall–Kier alpha value is -2.20. The zero-order chi connectivity index (χ0) is 13.7. The van der Waals surface area contributed by atoms with Gasteiger partial charge in [0.2, 0.25) is 5.91 Å². The van der Waals surface area contributed by atoms with Crippen LogP contribution in [0, 0.1) is 5.82 Å². The minimum absolute atomic E-state index is 0.231. The Kier molecular flexibility index (Phi) is 4.26. The van der Waals surface area contributed by atoms with Crippen molar-refractivity contribution in [1.29, 1.82) is 0 Å². The van der Waals surface area contributed by atoms with Gasteiger partial charge >= 0.3 is 0 Å². The van der Waals surface area contributed by atoms with Crippen LogP contribution in [0.15, 0.2) is 48.5 Å². The Labute approximate surface area is 111 Å². The Bertz CT molecular complexity index is 567. The second kappa shape index (κ2) is 6.11. The normalized spacial score (nSPS) is 10.4. The predicted molar refractivity (Wildman–Crippen MR) is 71.9 cm³/mol. The minimum Gasteiger partial charge on any atom is -0.366 e. The molecule has 0 aliphatic heterocycles. The largest absolute Gasteiger partial charge is 0.366 e. The van der Waals surface area contributed by atoms with Crippen LogP contribution >= 0.6 is 0 Å². The van der Waals surface area contributed by atoms with Crippen molar-refractivity contribution in [3.8, 4) is 0 Å². The summed E-state index contributed by atoms with van der Waals surface area (Å²) in [5.41, 5.74) is 7.60. The van der Waals surface area contributed by atoms with Crippen molar-refractivity contribution in [2.75, 3.05) is 0 Å². The molecule has 2 aromatic rings. The molecule has 3 nitrogen and oxygen atoms in total. The zero-order valence-electron chi connectivity index (χ0n) is 10.4. The van der Waals surface area contributed by atoms with Crippen LogP contribution in [0.2, 0.25) is 0 Å². The molecule has 0 unspecified atom stereocenters. The molecule has 2 rings (SSSR count). The van der Waals surface area contributed by atoms with Crippen LogP contribution in [0.1, 0.15) is 21.5 Å². The van der Waals surface area contributed by atoms with Crippen molar-refractivity contribution in [3.05, 3.63) is 71.0 Å². The smallest absolute Gasteiger partial charge is 0.248 e. The highest BCUT2D eigenvalue weighted by Crippen LogP contribution is 2.06. The first-order valence-corrected chi connectivity index (χ1v) is 5.99. The number of carbonyl (C=O) groups excluding carboxylic acids is 1. The number of carbonyl (C=O) groups is 1. The second-order valence-electron chi connectivity index (χ2n) is 4.29. The average molecular weight is 258 g/mol. The number of hydrogen-bond acceptors (Lipinski definition) is 2. The summed E-state index contributed by atoms with van der Waals surface area (Å²) in [6.45, 7) is 1.24. The van der Waals surface area contributed by atoms with E-state index in [1.54, 1.807) is 18.2 Å². The molecule has 4 heteroatoms. The van der Waals surface area contributed by atoms with E-state index in [1.807, 2.05) is 18.2 Å². The van der Waals surface area contributed by atoms with Crippen molar-refractivity contribution in [3.63, 3.8) is 0 Å². The molecule has 3 N–H and O–H groups in total. The van der Waals surface area contributed by atoms with Gasteiger partial charge in [-0.3, -0.25) is 4.79 Å². The van der Waals surface area contributed by atoms with Crippen LogP contribution in [-0.4, -0.2) is 5.91 Å². The summed E-state index contributed by atoms with van der Waals surface area (Å²) in [5.74, 6) is -0.663. The second-order valence-corrected chi connectivity index (χ2v) is 4.29. The molecule has 2 aromatic carbocycles. The molecule has 0 heterocycles. The van der Waals surface area contributed by atoms with Gasteiger partial charge in [0, 0.05) is 18.7 Å². The van der Waals surface area contributed by atoms with Gasteiger partial charge < -0.3 is 11.1 Å². The van der Waals surface area contributed by atoms with Gasteiger partial charge in [-0.1, -0.05) is 24.3 Å². The summed E-state index contributed by atoms with van der Waals surface area (Å²) in [7, 11) is 0. The lowest BCUT2D eigenvalue weighted by molar-refractivity contribution is 0.100. The third kappa shape index (κ3) is 3.89. The molecular formula is C15H15FN2O. The molecule has 98 valence electrons. The van der Waals surface area contributed by atoms with E-state index in [2.05, 4.69) is 5.32 Å². The van der Waals surface area contributed by atoms with Crippen LogP contribution < -0.4 is 11.1 Å². The first-order chi connectivity index (χ1) is 9.15. The van der Waals surface area contributed by atoms with Gasteiger partial charge in [0.15, 0.2) is 0 Å². The standard InChI is InChI=1S/C15H15FN2O/c16-14-3-1-2-12(8-14)10-18-9-11-4-6-13(7-5-11)15(17)19/h1-8,18H,9-10H2,(H2,17,19). The van der Waals surface area contributed by atoms with E-state index in [1.165, 1.54) is 12.1 Å². The number of primary amides is 1. The van der Waals surface area contributed by atoms with Gasteiger partial charge in [-0.25, -0.2) is 4.39 Å². The first-order valence-electron chi connectivity index (χ1n) is 5.99. The van der Waals surface area contributed by atoms with Crippen molar-refractivity contribution >= 4 is 5.91 Å². The fraction of sp³-hybridized carbons (Fsp3) is 0.133. The first kappa shape index (κ1) is 13.2. The van der Waals surface area contributed by atoms with E-state index in [0.717, 1.165) is 11.1 Å². The van der Waals surface area contributed by atoms with Crippen molar-refractivity contribution in [2.24, 2.45) is 5.73 Å². The van der Waals surface area contributed by atoms with E-state index >= 15 is 0 Å². The van der Waals surface area contributed by atoms with Gasteiger partial charge in [-0.15, -0.1) is 0 Å². The van der Waals surface area contributed by atoms with E-state index in [4.69, 9.17) is 5.73 Å². The average Bonchev–Trinajstić information content (AvgIpc) is 2.39. The number of nitrogens with one attached hydrogen (secondary N) is 1. The topological polar surface area (TPSA) is 55.1 Å². The van der Waals surface area contributed by atoms with Crippen LogP contribution in [-0.2, 0) is 13.1 Å². The molecule has 0 fully saturated rings. The number of hydrogen-bond donors (Lipinski definition) is 2. The van der Waals surface area contributed by atoms with Crippen LogP contribution in [0.4, 0.5) is 4.39 Å². The monoisotopic (exact) mass is 258 g/mol. The minimum atomic E-state index is -0.431. The highest BCUT2D eigenvalue weighted by Gasteiger charge is 2.00. The molecule has 0 aliphatic carbocycles. The maximum Gasteiger partial charge on any atom is 0.248 e. The molecule has 0 spiro atoms. The Morgan fingerprint density at radius 3 is 2.37 bits per heavy atom. The SMILES string of the molecule is NC(=O)c1ccc(CNCc2cccc(F)c2)cc1. The van der Waals surface area contributed by atoms with Gasteiger partial charge in [-0.05, 0) is 35.4 Å². The maximum absolute atomic E-state index is 13.0. The lowest BCUT2D eigenvalue weighted by atomic mass is 10.1. The summed E-state index contributed by atoms with van der Waals surface area (Å²) in [4.78, 5) is 10.9. The number of benzene rings is 2. The van der Waals surface area contributed by atoms with Crippen molar-refractivity contribution in [1.82, 2.24) is 5.32 Å². The van der Waals surface area contributed by atoms with Gasteiger partial charge in [0.05, 0.1) is 0 Å². The summed E-state index contributed by atoms with van der Waals surface area (Å²) in [6, 6.07) is 13.6. The lowest BCUT2D eigenvalue weighted by Gasteiger charge is -2.06. The maximum atomic E-state index is 13.0. The van der Waals surface area contributed by atoms with Crippen LogP contribution in [0.5, 0.6) is 0 Å². The number of halogens is 1. The number of rotatable bonds is 5. The lowest BCUT2D eigenvalue weighted by Crippen LogP contribution is -2.14. The zero-order valence-corrected chi connectivity index (χ0v) is 10.4. The van der Waals surface area contributed by atoms with Crippen molar-refractivity contribution < 1.29 is 9.18 Å². The highest BCUT2D eigenvalue weighted by atomic mass is 19.1. The molecule has 0 saturated carbocycles. The van der Waals surface area contributed by atoms with E-state index in [0.29, 0.717) is 18.7 Å². The third-order valence-electron chi connectivity index (χ3n) is 2.79. The molecule has 19 heavy (non-hydrogen) atoms. The van der Waals surface area contributed by atoms with E-state index in [-0.39, 0.29) is 5.82 Å². The predicted octanol–water partition coefficient (Wildman–Crippen LogP) is 2.21. The van der Waals surface area contributed by atoms with E-state index < -0.39 is 5.91 Å². The fourth-order valence-electron chi connectivity index (χ4n) is 1.78. The Balaban J connectivity index is 1.87. The molecule has 0 radical (unpaired) electrons. The number of nitrogens with two attached hydrogens (primary N) is 1. The summed E-state index contributed by atoms with van der Waals surface area (Å²) in [5, 5.41) is 3.21. The quantitative estimate of drug-likeness (QED) is 0.864. The van der Waals surface area contributed by atoms with Crippen LogP contribution in [0.3, 0.4) is 0 Å². The Morgan fingerprint density at radius 1 is 1.05 bits per heavy atom. The summed E-state index contributed by atoms with van der Waals surface area (Å²) in [6.07, 6.45) is 0. The Morgan fingerprint density at radius 2 is 1.74 bits per heavy atom. The fourth-order valence-corrected chi connectivity index (χ4v) is 1.78. The molecule has 0 aromatic heterocycles. The van der Waals surface area contributed by atoms with Gasteiger partial charge in [0.25, 0.3) is 0 Å². The molecule has 0 bridgehead atoms. The molecule has 0 aliphatic rings. The highest BCUT2D eigenvalue weighted by molar-refractivity contribution is 5.92. The molecule has 1 amide bonds. The van der Waals surface area contributed by atoms with E-state index in [9.17, 15) is 9.18 Å². The molecule has 0 saturated heterocycles. The van der Waals surface area contributed by atoms with Gasteiger partial charge in [-0.2, -0.15) is 0 Å². The summed E-state index contributed by atoms with van der Waals surface area (Å²) >= 11 is 0. The summed E-state index contributed by atoms with van der Waals surface area (Å²) < 4.78 is 13.0. The van der Waals surface area contributed by atoms with Crippen LogP contribution in [0.25, 0.3) is 0 Å². The molecule has 0 atom stereocenters. The molecular weight excluding hydrogens is 243 g/mol. The number of amides is 1.